The number of primary amides is 1. The van der Waals surface area contributed by atoms with Crippen LogP contribution in [0.2, 0.25) is 0 Å². The van der Waals surface area contributed by atoms with E-state index in [1.165, 1.54) is 0 Å². The average molecular weight is 164 g/mol. The SMILES string of the molecule is C=C(CBr)C(N)=O. The van der Waals surface area contributed by atoms with Crippen molar-refractivity contribution in [2.75, 3.05) is 5.33 Å². The molecule has 0 aliphatic rings. The van der Waals surface area contributed by atoms with Gasteiger partial charge in [-0.15, -0.1) is 0 Å². The Labute approximate surface area is 50.5 Å². The van der Waals surface area contributed by atoms with Crippen LogP contribution in [0.4, 0.5) is 0 Å². The van der Waals surface area contributed by atoms with Crippen molar-refractivity contribution >= 4 is 21.8 Å². The van der Waals surface area contributed by atoms with Crippen molar-refractivity contribution in [2.45, 2.75) is 0 Å². The van der Waals surface area contributed by atoms with E-state index in [2.05, 4.69) is 22.5 Å². The van der Waals surface area contributed by atoms with Crippen LogP contribution < -0.4 is 5.73 Å². The van der Waals surface area contributed by atoms with E-state index in [0.717, 1.165) is 0 Å². The van der Waals surface area contributed by atoms with Crippen LogP contribution in [0, 0.1) is 0 Å². The van der Waals surface area contributed by atoms with E-state index in [9.17, 15) is 4.79 Å². The number of alkyl halides is 1. The molecule has 0 aromatic rings. The Morgan fingerprint density at radius 3 is 2.29 bits per heavy atom. The quantitative estimate of drug-likeness (QED) is 0.466. The van der Waals surface area contributed by atoms with Crippen LogP contribution in [-0.4, -0.2) is 11.2 Å². The van der Waals surface area contributed by atoms with Crippen LogP contribution in [0.1, 0.15) is 0 Å². The summed E-state index contributed by atoms with van der Waals surface area (Å²) >= 11 is 3.01. The molecule has 0 fully saturated rings. The molecule has 0 saturated carbocycles. The number of nitrogens with two attached hydrogens (primary N) is 1. The number of carbonyl (C=O) groups is 1. The zero-order valence-electron chi connectivity index (χ0n) is 3.78. The van der Waals surface area contributed by atoms with Crippen molar-refractivity contribution in [1.29, 1.82) is 0 Å². The minimum Gasteiger partial charge on any atom is -0.366 e. The minimum absolute atomic E-state index is 0.403. The van der Waals surface area contributed by atoms with Crippen LogP contribution in [0.15, 0.2) is 12.2 Å². The van der Waals surface area contributed by atoms with Crippen LogP contribution in [0.25, 0.3) is 0 Å². The van der Waals surface area contributed by atoms with Crippen LogP contribution in [0.5, 0.6) is 0 Å². The first-order valence-electron chi connectivity index (χ1n) is 1.72. The van der Waals surface area contributed by atoms with Gasteiger partial charge in [-0.2, -0.15) is 0 Å². The first-order valence-corrected chi connectivity index (χ1v) is 2.84. The number of carbonyl (C=O) groups excluding carboxylic acids is 1. The molecule has 0 spiro atoms. The maximum atomic E-state index is 10.0. The Hall–Kier alpha value is -0.310. The van der Waals surface area contributed by atoms with Gasteiger partial charge in [-0.3, -0.25) is 4.79 Å². The zero-order chi connectivity index (χ0) is 5.86. The van der Waals surface area contributed by atoms with Gasteiger partial charge in [0, 0.05) is 10.9 Å². The fourth-order valence-corrected chi connectivity index (χ4v) is 0.342. The van der Waals surface area contributed by atoms with Crippen molar-refractivity contribution in [3.8, 4) is 0 Å². The van der Waals surface area contributed by atoms with Gasteiger partial charge >= 0.3 is 0 Å². The highest BCUT2D eigenvalue weighted by atomic mass is 79.9. The molecule has 0 atom stereocenters. The summed E-state index contributed by atoms with van der Waals surface area (Å²) in [6, 6.07) is 0. The van der Waals surface area contributed by atoms with Gasteiger partial charge in [-0.05, 0) is 0 Å². The van der Waals surface area contributed by atoms with Crippen molar-refractivity contribution in [2.24, 2.45) is 5.73 Å². The number of amides is 1. The van der Waals surface area contributed by atoms with Crippen LogP contribution in [0.3, 0.4) is 0 Å². The fraction of sp³-hybridized carbons (Fsp3) is 0.250. The summed E-state index contributed by atoms with van der Waals surface area (Å²) in [5.41, 5.74) is 5.18. The Balaban J connectivity index is 3.58. The molecule has 0 aromatic heterocycles. The second-order valence-corrected chi connectivity index (χ2v) is 1.66. The second-order valence-electron chi connectivity index (χ2n) is 1.10. The number of hydrogen-bond acceptors (Lipinski definition) is 1. The fourth-order valence-electron chi connectivity index (χ4n) is 0.0659. The first kappa shape index (κ1) is 6.69. The van der Waals surface area contributed by atoms with Crippen LogP contribution >= 0.6 is 15.9 Å². The lowest BCUT2D eigenvalue weighted by atomic mass is 10.3. The molecule has 0 rings (SSSR count). The summed E-state index contributed by atoms with van der Waals surface area (Å²) in [4.78, 5) is 10.0. The molecule has 0 aromatic carbocycles. The smallest absolute Gasteiger partial charge is 0.244 e. The Morgan fingerprint density at radius 2 is 2.29 bits per heavy atom. The van der Waals surface area contributed by atoms with Crippen molar-refractivity contribution < 1.29 is 4.79 Å². The summed E-state index contributed by atoms with van der Waals surface area (Å²) in [5.74, 6) is -0.447. The standard InChI is InChI=1S/C4H6BrNO/c1-3(2-5)4(6)7/h1-2H2,(H2,6,7). The molecule has 2 nitrogen and oxygen atoms in total. The van der Waals surface area contributed by atoms with E-state index in [0.29, 0.717) is 10.9 Å². The Morgan fingerprint density at radius 1 is 1.86 bits per heavy atom. The zero-order valence-corrected chi connectivity index (χ0v) is 5.36. The van der Waals surface area contributed by atoms with Gasteiger partial charge in [-0.25, -0.2) is 0 Å². The maximum absolute atomic E-state index is 10.0. The van der Waals surface area contributed by atoms with E-state index < -0.39 is 5.91 Å². The third-order valence-electron chi connectivity index (χ3n) is 0.510. The topological polar surface area (TPSA) is 43.1 Å². The molecule has 2 N–H and O–H groups in total. The van der Waals surface area contributed by atoms with Gasteiger partial charge < -0.3 is 5.73 Å². The predicted octanol–water partition coefficient (Wildman–Crippen LogP) is 0.423. The van der Waals surface area contributed by atoms with Gasteiger partial charge in [0.2, 0.25) is 5.91 Å². The van der Waals surface area contributed by atoms with Gasteiger partial charge in [0.25, 0.3) is 0 Å². The number of halogens is 1. The maximum Gasteiger partial charge on any atom is 0.244 e. The summed E-state index contributed by atoms with van der Waals surface area (Å²) < 4.78 is 0. The summed E-state index contributed by atoms with van der Waals surface area (Å²) in [6.45, 7) is 3.35. The van der Waals surface area contributed by atoms with Gasteiger partial charge in [0.05, 0.1) is 0 Å². The summed E-state index contributed by atoms with van der Waals surface area (Å²) in [7, 11) is 0. The molecule has 0 heterocycles. The molecule has 0 radical (unpaired) electrons. The van der Waals surface area contributed by atoms with E-state index >= 15 is 0 Å². The number of hydrogen-bond donors (Lipinski definition) is 1. The Kier molecular flexibility index (Phi) is 2.67. The largest absolute Gasteiger partial charge is 0.366 e. The van der Waals surface area contributed by atoms with Gasteiger partial charge in [0.1, 0.15) is 0 Å². The van der Waals surface area contributed by atoms with Gasteiger partial charge in [0.15, 0.2) is 0 Å². The monoisotopic (exact) mass is 163 g/mol. The molecule has 40 valence electrons. The molecular formula is C4H6BrNO. The van der Waals surface area contributed by atoms with Gasteiger partial charge in [-0.1, -0.05) is 22.5 Å². The highest BCUT2D eigenvalue weighted by molar-refractivity contribution is 9.09. The van der Waals surface area contributed by atoms with E-state index in [4.69, 9.17) is 5.73 Å². The van der Waals surface area contributed by atoms with E-state index in [1.807, 2.05) is 0 Å². The predicted molar refractivity (Wildman–Crippen MR) is 32.1 cm³/mol. The van der Waals surface area contributed by atoms with E-state index in [-0.39, 0.29) is 0 Å². The molecule has 1 amide bonds. The lowest BCUT2D eigenvalue weighted by molar-refractivity contribution is -0.114. The molecule has 7 heavy (non-hydrogen) atoms. The number of rotatable bonds is 2. The molecule has 3 heteroatoms. The van der Waals surface area contributed by atoms with Crippen molar-refractivity contribution in [3.63, 3.8) is 0 Å². The molecule has 0 unspecified atom stereocenters. The third-order valence-corrected chi connectivity index (χ3v) is 1.19. The average Bonchev–Trinajstić information content (AvgIpc) is 1.65. The molecule has 0 saturated heterocycles. The highest BCUT2D eigenvalue weighted by Gasteiger charge is 1.94. The molecular weight excluding hydrogens is 158 g/mol. The molecule has 0 aliphatic carbocycles. The van der Waals surface area contributed by atoms with Crippen molar-refractivity contribution in [3.05, 3.63) is 12.2 Å². The lowest BCUT2D eigenvalue weighted by Crippen LogP contribution is -2.13. The lowest BCUT2D eigenvalue weighted by Gasteiger charge is -1.87. The third kappa shape index (κ3) is 2.39. The van der Waals surface area contributed by atoms with Crippen LogP contribution in [-0.2, 0) is 4.79 Å². The summed E-state index contributed by atoms with van der Waals surface area (Å²) in [6.07, 6.45) is 0. The summed E-state index contributed by atoms with van der Waals surface area (Å²) in [5, 5.41) is 0.461. The normalized spacial score (nSPS) is 8.14. The first-order chi connectivity index (χ1) is 3.18. The minimum atomic E-state index is -0.447. The van der Waals surface area contributed by atoms with E-state index in [1.54, 1.807) is 0 Å². The molecule has 0 bridgehead atoms. The highest BCUT2D eigenvalue weighted by Crippen LogP contribution is 1.91. The van der Waals surface area contributed by atoms with Crippen molar-refractivity contribution in [1.82, 2.24) is 0 Å². The second kappa shape index (κ2) is 2.80. The molecule has 0 aliphatic heterocycles. The Bertz CT molecular complexity index is 99.9.